The van der Waals surface area contributed by atoms with Gasteiger partial charge in [0.05, 0.1) is 18.6 Å². The predicted molar refractivity (Wildman–Crippen MR) is 132 cm³/mol. The zero-order valence-corrected chi connectivity index (χ0v) is 20.0. The summed E-state index contributed by atoms with van der Waals surface area (Å²) in [5.41, 5.74) is 2.50. The molecule has 0 radical (unpaired) electrons. The smallest absolute Gasteiger partial charge is 0.252 e. The number of benzene rings is 2. The van der Waals surface area contributed by atoms with Gasteiger partial charge in [0.15, 0.2) is 0 Å². The number of nitrogens with zero attached hydrogens (tertiary/aromatic N) is 5. The van der Waals surface area contributed by atoms with E-state index in [0.29, 0.717) is 18.7 Å². The fraction of sp³-hybridized carbons (Fsp3) is 0.462. The van der Waals surface area contributed by atoms with Crippen molar-refractivity contribution >= 4 is 17.5 Å². The molecular weight excluding hydrogens is 444 g/mol. The highest BCUT2D eigenvalue weighted by molar-refractivity contribution is 5.94. The zero-order valence-electron chi connectivity index (χ0n) is 20.0. The summed E-state index contributed by atoms with van der Waals surface area (Å²) in [6, 6.07) is 16.9. The molecule has 35 heavy (non-hydrogen) atoms. The summed E-state index contributed by atoms with van der Waals surface area (Å²) in [6.45, 7) is 4.66. The SMILES string of the molecule is CN1CCN(c2ccc(C(=O)NC3N=NC4CN(C(=O)[C@H](CO)c5ccccc5)CC43)cc2)CC1. The van der Waals surface area contributed by atoms with Crippen LogP contribution in [0.3, 0.4) is 0 Å². The topological polar surface area (TPSA) is 101 Å². The number of amides is 2. The van der Waals surface area contributed by atoms with Crippen LogP contribution in [0.4, 0.5) is 5.69 Å². The number of aliphatic hydroxyl groups excluding tert-OH is 1. The Morgan fingerprint density at radius 2 is 1.71 bits per heavy atom. The van der Waals surface area contributed by atoms with Crippen molar-refractivity contribution in [3.8, 4) is 0 Å². The van der Waals surface area contributed by atoms with Crippen molar-refractivity contribution in [1.29, 1.82) is 0 Å². The standard InChI is InChI=1S/C26H32N6O3/c1-30-11-13-31(14-12-30)20-9-7-19(8-10-20)25(34)27-24-21-15-32(16-23(21)28-29-24)26(35)22(17-33)18-5-3-2-4-6-18/h2-10,21-24,33H,11-17H2,1H3,(H,27,34)/t21?,22-,23?,24?/m1/s1. The molecule has 2 aromatic carbocycles. The van der Waals surface area contributed by atoms with Crippen molar-refractivity contribution in [2.45, 2.75) is 18.1 Å². The van der Waals surface area contributed by atoms with Crippen LogP contribution < -0.4 is 10.2 Å². The number of nitrogens with one attached hydrogen (secondary N) is 1. The summed E-state index contributed by atoms with van der Waals surface area (Å²) in [4.78, 5) is 32.4. The van der Waals surface area contributed by atoms with Crippen molar-refractivity contribution in [2.24, 2.45) is 16.1 Å². The largest absolute Gasteiger partial charge is 0.395 e. The summed E-state index contributed by atoms with van der Waals surface area (Å²) in [6.07, 6.45) is -0.466. The molecule has 0 bridgehead atoms. The van der Waals surface area contributed by atoms with Gasteiger partial charge in [0, 0.05) is 56.4 Å². The van der Waals surface area contributed by atoms with E-state index in [2.05, 4.69) is 32.4 Å². The number of hydrogen-bond donors (Lipinski definition) is 2. The Balaban J connectivity index is 1.19. The van der Waals surface area contributed by atoms with Gasteiger partial charge in [-0.05, 0) is 36.9 Å². The summed E-state index contributed by atoms with van der Waals surface area (Å²) in [5, 5.41) is 21.5. The lowest BCUT2D eigenvalue weighted by Crippen LogP contribution is -2.44. The fourth-order valence-electron chi connectivity index (χ4n) is 5.14. The minimum atomic E-state index is -0.598. The number of hydrogen-bond acceptors (Lipinski definition) is 7. The molecule has 3 unspecified atom stereocenters. The van der Waals surface area contributed by atoms with Gasteiger partial charge in [0.2, 0.25) is 5.91 Å². The summed E-state index contributed by atoms with van der Waals surface area (Å²) < 4.78 is 0. The van der Waals surface area contributed by atoms with E-state index < -0.39 is 12.1 Å². The molecule has 3 aliphatic rings. The Morgan fingerprint density at radius 1 is 1.00 bits per heavy atom. The molecule has 3 heterocycles. The Bertz CT molecular complexity index is 1070. The third-order valence-electron chi connectivity index (χ3n) is 7.35. The highest BCUT2D eigenvalue weighted by atomic mass is 16.3. The summed E-state index contributed by atoms with van der Waals surface area (Å²) in [5.74, 6) is -0.976. The van der Waals surface area contributed by atoms with Gasteiger partial charge in [-0.25, -0.2) is 0 Å². The number of aliphatic hydroxyl groups is 1. The molecule has 0 saturated carbocycles. The van der Waals surface area contributed by atoms with Crippen molar-refractivity contribution in [3.05, 3.63) is 65.7 Å². The minimum Gasteiger partial charge on any atom is -0.395 e. The van der Waals surface area contributed by atoms with Gasteiger partial charge in [-0.2, -0.15) is 10.2 Å². The lowest BCUT2D eigenvalue weighted by Gasteiger charge is -2.34. The Hall–Kier alpha value is -3.30. The second-order valence-corrected chi connectivity index (χ2v) is 9.61. The molecule has 2 saturated heterocycles. The Labute approximate surface area is 205 Å². The Kier molecular flexibility index (Phi) is 6.79. The normalized spacial score (nSPS) is 24.9. The molecule has 2 fully saturated rings. The molecule has 9 heteroatoms. The maximum absolute atomic E-state index is 13.1. The first-order valence-corrected chi connectivity index (χ1v) is 12.2. The van der Waals surface area contributed by atoms with E-state index in [0.717, 1.165) is 37.4 Å². The van der Waals surface area contributed by atoms with E-state index in [1.807, 2.05) is 54.6 Å². The lowest BCUT2D eigenvalue weighted by atomic mass is 9.98. The maximum atomic E-state index is 13.1. The van der Waals surface area contributed by atoms with Crippen LogP contribution in [0.25, 0.3) is 0 Å². The number of likely N-dealkylation sites (tertiary alicyclic amines) is 1. The van der Waals surface area contributed by atoms with E-state index >= 15 is 0 Å². The van der Waals surface area contributed by atoms with Crippen molar-refractivity contribution in [3.63, 3.8) is 0 Å². The third-order valence-corrected chi connectivity index (χ3v) is 7.35. The molecule has 5 rings (SSSR count). The van der Waals surface area contributed by atoms with Crippen LogP contribution in [0.1, 0.15) is 21.8 Å². The molecule has 0 aliphatic carbocycles. The number of anilines is 1. The fourth-order valence-corrected chi connectivity index (χ4v) is 5.14. The van der Waals surface area contributed by atoms with Crippen LogP contribution in [0.2, 0.25) is 0 Å². The number of piperazine rings is 1. The van der Waals surface area contributed by atoms with Gasteiger partial charge < -0.3 is 25.1 Å². The second kappa shape index (κ2) is 10.1. The van der Waals surface area contributed by atoms with Gasteiger partial charge in [0.25, 0.3) is 5.91 Å². The molecule has 4 atom stereocenters. The van der Waals surface area contributed by atoms with E-state index in [1.54, 1.807) is 4.90 Å². The number of rotatable bonds is 6. The second-order valence-electron chi connectivity index (χ2n) is 9.61. The average Bonchev–Trinajstić information content (AvgIpc) is 3.48. The van der Waals surface area contributed by atoms with Crippen molar-refractivity contribution in [2.75, 3.05) is 57.8 Å². The van der Waals surface area contributed by atoms with Crippen LogP contribution in [-0.2, 0) is 4.79 Å². The maximum Gasteiger partial charge on any atom is 0.252 e. The molecule has 3 aliphatic heterocycles. The average molecular weight is 477 g/mol. The molecule has 2 amide bonds. The first-order valence-electron chi connectivity index (χ1n) is 12.2. The number of carbonyl (C=O) groups excluding carboxylic acids is 2. The van der Waals surface area contributed by atoms with Gasteiger partial charge in [-0.15, -0.1) is 0 Å². The molecule has 2 aromatic rings. The zero-order chi connectivity index (χ0) is 24.4. The van der Waals surface area contributed by atoms with Crippen molar-refractivity contribution < 1.29 is 14.7 Å². The van der Waals surface area contributed by atoms with Crippen molar-refractivity contribution in [1.82, 2.24) is 15.1 Å². The highest BCUT2D eigenvalue weighted by Gasteiger charge is 2.45. The number of carbonyl (C=O) groups is 2. The van der Waals surface area contributed by atoms with Gasteiger partial charge in [0.1, 0.15) is 6.17 Å². The van der Waals surface area contributed by atoms with Crippen LogP contribution in [0.5, 0.6) is 0 Å². The molecule has 0 aromatic heterocycles. The van der Waals surface area contributed by atoms with E-state index in [1.165, 1.54) is 0 Å². The summed E-state index contributed by atoms with van der Waals surface area (Å²) >= 11 is 0. The quantitative estimate of drug-likeness (QED) is 0.659. The van der Waals surface area contributed by atoms with E-state index in [4.69, 9.17) is 0 Å². The lowest BCUT2D eigenvalue weighted by molar-refractivity contribution is -0.132. The number of likely N-dealkylation sites (N-methyl/N-ethyl adjacent to an activating group) is 1. The minimum absolute atomic E-state index is 0.0670. The van der Waals surface area contributed by atoms with E-state index in [9.17, 15) is 14.7 Å². The van der Waals surface area contributed by atoms with Crippen LogP contribution in [0, 0.1) is 5.92 Å². The Morgan fingerprint density at radius 3 is 2.40 bits per heavy atom. The van der Waals surface area contributed by atoms with Crippen LogP contribution >= 0.6 is 0 Å². The van der Waals surface area contributed by atoms with Gasteiger partial charge in [-0.3, -0.25) is 9.59 Å². The molecule has 9 nitrogen and oxygen atoms in total. The van der Waals surface area contributed by atoms with Gasteiger partial charge in [-0.1, -0.05) is 30.3 Å². The number of fused-ring (bicyclic) bond motifs is 1. The molecule has 2 N–H and O–H groups in total. The predicted octanol–water partition coefficient (Wildman–Crippen LogP) is 1.56. The molecule has 184 valence electrons. The van der Waals surface area contributed by atoms with Gasteiger partial charge >= 0.3 is 0 Å². The highest BCUT2D eigenvalue weighted by Crippen LogP contribution is 2.32. The molecular formula is C26H32N6O3. The summed E-state index contributed by atoms with van der Waals surface area (Å²) in [7, 11) is 2.13. The number of azo groups is 1. The first kappa shape index (κ1) is 23.4. The third kappa shape index (κ3) is 4.92. The van der Waals surface area contributed by atoms with Crippen LogP contribution in [-0.4, -0.2) is 91.9 Å². The molecule has 0 spiro atoms. The van der Waals surface area contributed by atoms with Crippen LogP contribution in [0.15, 0.2) is 64.8 Å². The first-order chi connectivity index (χ1) is 17.0. The van der Waals surface area contributed by atoms with E-state index in [-0.39, 0.29) is 30.4 Å². The monoisotopic (exact) mass is 476 g/mol.